The van der Waals surface area contributed by atoms with Crippen LogP contribution in [0.4, 0.5) is 0 Å². The van der Waals surface area contributed by atoms with Crippen molar-refractivity contribution in [3.63, 3.8) is 0 Å². The Morgan fingerprint density at radius 2 is 1.45 bits per heavy atom. The van der Waals surface area contributed by atoms with E-state index in [1.54, 1.807) is 0 Å². The van der Waals surface area contributed by atoms with Crippen molar-refractivity contribution in [3.8, 4) is 5.75 Å². The highest BCUT2D eigenvalue weighted by Crippen LogP contribution is 2.52. The average molecular weight is 671 g/mol. The molecule has 0 amide bonds. The Morgan fingerprint density at radius 1 is 0.735 bits per heavy atom. The summed E-state index contributed by atoms with van der Waals surface area (Å²) in [5, 5.41) is 0. The lowest BCUT2D eigenvalue weighted by molar-refractivity contribution is -0.373. The standard InChI is InChI=1S/C41H50O8/c1-40(2)21-20-35-24-38(42)47-37(29-44-27-31-13-5-3-6-14-31)25-39(43)46-36-23-34(48-41(40,26-36)49-35)18-10-9-12-30-17-11-19-33(22-30)45-28-32-15-7-4-8-16-32/h3-8,11,13-17,19,22,34-37H,9-10,12,18,20-21,23-29H2,1-2H3/t34-,35-,36-,37-,41+/m1/s1. The minimum Gasteiger partial charge on any atom is -0.489 e. The van der Waals surface area contributed by atoms with E-state index in [1.807, 2.05) is 60.7 Å². The molecule has 0 saturated carbocycles. The second-order valence-electron chi connectivity index (χ2n) is 14.4. The minimum atomic E-state index is -0.953. The van der Waals surface area contributed by atoms with Crippen molar-refractivity contribution in [2.75, 3.05) is 6.61 Å². The first-order valence-corrected chi connectivity index (χ1v) is 17.9. The number of fused-ring (bicyclic) bond motifs is 2. The van der Waals surface area contributed by atoms with Crippen molar-refractivity contribution in [3.05, 3.63) is 102 Å². The first-order valence-electron chi connectivity index (χ1n) is 17.9. The summed E-state index contributed by atoms with van der Waals surface area (Å²) in [5.41, 5.74) is 3.06. The van der Waals surface area contributed by atoms with Crippen molar-refractivity contribution < 1.29 is 38.0 Å². The van der Waals surface area contributed by atoms with Crippen LogP contribution in [0.1, 0.15) is 88.3 Å². The van der Waals surface area contributed by atoms with Crippen LogP contribution in [0.5, 0.6) is 5.75 Å². The summed E-state index contributed by atoms with van der Waals surface area (Å²) in [6, 6.07) is 28.3. The quantitative estimate of drug-likeness (QED) is 0.142. The fourth-order valence-electron chi connectivity index (χ4n) is 7.25. The van der Waals surface area contributed by atoms with E-state index in [2.05, 4.69) is 38.1 Å². The molecule has 3 aromatic carbocycles. The number of rotatable bonds is 12. The lowest BCUT2D eigenvalue weighted by Crippen LogP contribution is -2.61. The van der Waals surface area contributed by atoms with Gasteiger partial charge in [-0.1, -0.05) is 93.1 Å². The number of cyclic esters (lactones) is 1. The topological polar surface area (TPSA) is 89.5 Å². The van der Waals surface area contributed by atoms with Crippen LogP contribution in [0, 0.1) is 5.41 Å². The zero-order chi connectivity index (χ0) is 34.1. The molecule has 3 saturated heterocycles. The molecule has 8 heteroatoms. The Kier molecular flexibility index (Phi) is 11.7. The molecule has 5 atom stereocenters. The lowest BCUT2D eigenvalue weighted by atomic mass is 9.71. The van der Waals surface area contributed by atoms with Crippen LogP contribution in [0.25, 0.3) is 0 Å². The molecule has 3 heterocycles. The van der Waals surface area contributed by atoms with E-state index in [4.69, 9.17) is 28.4 Å². The number of unbranched alkanes of at least 4 members (excludes halogenated alkanes) is 1. The number of hydrogen-bond donors (Lipinski definition) is 0. The second kappa shape index (κ2) is 16.3. The molecule has 3 aliphatic rings. The monoisotopic (exact) mass is 670 g/mol. The average Bonchev–Trinajstić information content (AvgIpc) is 3.08. The fraction of sp³-hybridized carbons (Fsp3) is 0.512. The van der Waals surface area contributed by atoms with Gasteiger partial charge in [0.25, 0.3) is 0 Å². The predicted octanol–water partition coefficient (Wildman–Crippen LogP) is 7.89. The number of benzene rings is 3. The summed E-state index contributed by atoms with van der Waals surface area (Å²) in [6.45, 7) is 5.32. The summed E-state index contributed by atoms with van der Waals surface area (Å²) >= 11 is 0. The zero-order valence-corrected chi connectivity index (χ0v) is 28.9. The van der Waals surface area contributed by atoms with Gasteiger partial charge in [-0.15, -0.1) is 0 Å². The molecular weight excluding hydrogens is 620 g/mol. The highest BCUT2D eigenvalue weighted by Gasteiger charge is 2.57. The molecule has 3 aromatic rings. The number of carbonyl (C=O) groups is 2. The zero-order valence-electron chi connectivity index (χ0n) is 28.9. The van der Waals surface area contributed by atoms with E-state index >= 15 is 0 Å². The van der Waals surface area contributed by atoms with Crippen molar-refractivity contribution >= 4 is 11.9 Å². The summed E-state index contributed by atoms with van der Waals surface area (Å²) in [7, 11) is 0. The second-order valence-corrected chi connectivity index (χ2v) is 14.4. The van der Waals surface area contributed by atoms with Gasteiger partial charge in [-0.25, -0.2) is 0 Å². The Morgan fingerprint density at radius 3 is 2.22 bits per heavy atom. The van der Waals surface area contributed by atoms with Gasteiger partial charge in [-0.05, 0) is 60.9 Å². The normalized spacial score (nSPS) is 26.8. The third-order valence-corrected chi connectivity index (χ3v) is 10.0. The van der Waals surface area contributed by atoms with Gasteiger partial charge in [0, 0.05) is 18.3 Å². The minimum absolute atomic E-state index is 0.0569. The molecule has 1 spiro atoms. The van der Waals surface area contributed by atoms with Gasteiger partial charge in [0.2, 0.25) is 0 Å². The van der Waals surface area contributed by atoms with Crippen LogP contribution in [-0.2, 0) is 52.9 Å². The van der Waals surface area contributed by atoms with Gasteiger partial charge in [0.05, 0.1) is 38.3 Å². The van der Waals surface area contributed by atoms with Crippen molar-refractivity contribution in [1.82, 2.24) is 0 Å². The van der Waals surface area contributed by atoms with Crippen LogP contribution in [0.2, 0.25) is 0 Å². The summed E-state index contributed by atoms with van der Waals surface area (Å²) in [4.78, 5) is 26.4. The highest BCUT2D eigenvalue weighted by atomic mass is 16.7. The predicted molar refractivity (Wildman–Crippen MR) is 185 cm³/mol. The van der Waals surface area contributed by atoms with Crippen molar-refractivity contribution in [2.24, 2.45) is 5.41 Å². The molecule has 3 bridgehead atoms. The van der Waals surface area contributed by atoms with Crippen LogP contribution < -0.4 is 4.74 Å². The number of carbonyl (C=O) groups excluding carboxylic acids is 2. The van der Waals surface area contributed by atoms with Gasteiger partial charge in [0.1, 0.15) is 24.6 Å². The lowest BCUT2D eigenvalue weighted by Gasteiger charge is -2.56. The van der Waals surface area contributed by atoms with Gasteiger partial charge in [0.15, 0.2) is 5.79 Å². The van der Waals surface area contributed by atoms with Crippen molar-refractivity contribution in [1.29, 1.82) is 0 Å². The molecular formula is C41H50O8. The van der Waals surface area contributed by atoms with Gasteiger partial charge in [-0.3, -0.25) is 9.59 Å². The maximum Gasteiger partial charge on any atom is 0.309 e. The molecule has 3 fully saturated rings. The molecule has 49 heavy (non-hydrogen) atoms. The molecule has 0 N–H and O–H groups in total. The number of ether oxygens (including phenoxy) is 6. The third kappa shape index (κ3) is 9.71. The first-order chi connectivity index (χ1) is 23.7. The molecule has 262 valence electrons. The molecule has 0 unspecified atom stereocenters. The Bertz CT molecular complexity index is 1500. The van der Waals surface area contributed by atoms with Gasteiger partial charge in [-0.2, -0.15) is 0 Å². The van der Waals surface area contributed by atoms with Crippen LogP contribution >= 0.6 is 0 Å². The first kappa shape index (κ1) is 35.1. The SMILES string of the molecule is CC1(C)CC[C@@H]2CC(=O)O[C@@H](COCc3ccccc3)CC(=O)O[C@@H]3C[C@@H](CCCCc4cccc(OCc5ccccc5)c4)O[C@@]1(C3)O2. The Hall–Kier alpha value is -3.72. The van der Waals surface area contributed by atoms with Gasteiger partial charge >= 0.3 is 11.9 Å². The summed E-state index contributed by atoms with van der Waals surface area (Å²) in [5.74, 6) is -0.884. The summed E-state index contributed by atoms with van der Waals surface area (Å²) in [6.07, 6.45) is 4.78. The van der Waals surface area contributed by atoms with E-state index in [-0.39, 0.29) is 43.2 Å². The summed E-state index contributed by atoms with van der Waals surface area (Å²) < 4.78 is 37.4. The van der Waals surface area contributed by atoms with Crippen LogP contribution in [0.15, 0.2) is 84.9 Å². The molecule has 6 rings (SSSR count). The largest absolute Gasteiger partial charge is 0.489 e. The van der Waals surface area contributed by atoms with Gasteiger partial charge < -0.3 is 28.4 Å². The van der Waals surface area contributed by atoms with Crippen LogP contribution in [0.3, 0.4) is 0 Å². The smallest absolute Gasteiger partial charge is 0.309 e. The van der Waals surface area contributed by atoms with E-state index in [9.17, 15) is 9.59 Å². The highest BCUT2D eigenvalue weighted by molar-refractivity contribution is 5.73. The molecule has 0 radical (unpaired) electrons. The molecule has 8 nitrogen and oxygen atoms in total. The van der Waals surface area contributed by atoms with E-state index in [1.165, 1.54) is 5.56 Å². The molecule has 0 aliphatic carbocycles. The Balaban J connectivity index is 1.06. The third-order valence-electron chi connectivity index (χ3n) is 10.0. The van der Waals surface area contributed by atoms with Crippen LogP contribution in [-0.4, -0.2) is 48.7 Å². The molecule has 0 aromatic heterocycles. The fourth-order valence-corrected chi connectivity index (χ4v) is 7.25. The number of esters is 2. The van der Waals surface area contributed by atoms with E-state index in [0.29, 0.717) is 26.1 Å². The Labute approximate surface area is 290 Å². The number of aryl methyl sites for hydroxylation is 1. The molecule has 3 aliphatic heterocycles. The van der Waals surface area contributed by atoms with Crippen molar-refractivity contribution in [2.45, 2.75) is 121 Å². The number of hydrogen-bond acceptors (Lipinski definition) is 8. The maximum atomic E-state index is 13.3. The van der Waals surface area contributed by atoms with E-state index in [0.717, 1.165) is 55.4 Å². The van der Waals surface area contributed by atoms with E-state index < -0.39 is 23.8 Å². The maximum absolute atomic E-state index is 13.3.